The number of nitrogens with zero attached hydrogens (tertiary/aromatic N) is 3. The van der Waals surface area contributed by atoms with Gasteiger partial charge in [-0.3, -0.25) is 0 Å². The summed E-state index contributed by atoms with van der Waals surface area (Å²) in [6.45, 7) is 3.11. The number of aryl methyl sites for hydroxylation is 1. The molecule has 0 aliphatic carbocycles. The quantitative estimate of drug-likeness (QED) is 0.844. The van der Waals surface area contributed by atoms with Crippen LogP contribution in [0.5, 0.6) is 0 Å². The van der Waals surface area contributed by atoms with E-state index in [4.69, 9.17) is 0 Å². The Morgan fingerprint density at radius 3 is 2.05 bits per heavy atom. The summed E-state index contributed by atoms with van der Waals surface area (Å²) in [5, 5.41) is 0.984. The molecule has 1 aromatic heterocycles. The van der Waals surface area contributed by atoms with Crippen LogP contribution in [0.25, 0.3) is 0 Å². The Morgan fingerprint density at radius 1 is 1.00 bits per heavy atom. The standard InChI is InChI=1S/C15H19N3.ClH/c1-4-18-11-9-14(10-12-18)16-13-5-7-15(8-6-13)17(2)3;/h5-12H,4H2,1-3H3;1H. The van der Waals surface area contributed by atoms with Crippen molar-refractivity contribution in [2.45, 2.75) is 13.5 Å². The lowest BCUT2D eigenvalue weighted by Crippen LogP contribution is -2.07. The van der Waals surface area contributed by atoms with Crippen molar-refractivity contribution in [2.24, 2.45) is 4.99 Å². The van der Waals surface area contributed by atoms with Gasteiger partial charge in [-0.25, -0.2) is 4.99 Å². The smallest absolute Gasteiger partial charge is 0.0666 e. The Bertz CT molecular complexity index is 550. The second-order valence-electron chi connectivity index (χ2n) is 4.41. The minimum Gasteiger partial charge on any atom is -0.378 e. The Hall–Kier alpha value is -1.74. The zero-order valence-electron chi connectivity index (χ0n) is 11.6. The molecule has 19 heavy (non-hydrogen) atoms. The molecule has 0 saturated heterocycles. The van der Waals surface area contributed by atoms with Gasteiger partial charge >= 0.3 is 0 Å². The largest absolute Gasteiger partial charge is 0.378 e. The van der Waals surface area contributed by atoms with E-state index < -0.39 is 0 Å². The number of hydrogen-bond donors (Lipinski definition) is 0. The first-order valence-electron chi connectivity index (χ1n) is 6.17. The molecule has 0 radical (unpaired) electrons. The average Bonchev–Trinajstić information content (AvgIpc) is 2.40. The van der Waals surface area contributed by atoms with Crippen LogP contribution in [0.1, 0.15) is 6.92 Å². The lowest BCUT2D eigenvalue weighted by Gasteiger charge is -2.11. The van der Waals surface area contributed by atoms with Crippen LogP contribution in [0.3, 0.4) is 0 Å². The van der Waals surface area contributed by atoms with E-state index in [1.165, 1.54) is 5.69 Å². The number of anilines is 1. The topological polar surface area (TPSA) is 20.5 Å². The minimum atomic E-state index is 0. The van der Waals surface area contributed by atoms with E-state index in [0.29, 0.717) is 0 Å². The van der Waals surface area contributed by atoms with Crippen molar-refractivity contribution in [3.05, 3.63) is 54.1 Å². The van der Waals surface area contributed by atoms with Gasteiger partial charge in [0.15, 0.2) is 0 Å². The summed E-state index contributed by atoms with van der Waals surface area (Å²) < 4.78 is 2.12. The van der Waals surface area contributed by atoms with Crippen molar-refractivity contribution in [1.29, 1.82) is 0 Å². The van der Waals surface area contributed by atoms with Gasteiger partial charge in [0.25, 0.3) is 0 Å². The first-order valence-corrected chi connectivity index (χ1v) is 6.17. The minimum absolute atomic E-state index is 0. The summed E-state index contributed by atoms with van der Waals surface area (Å²) in [5.74, 6) is 0. The van der Waals surface area contributed by atoms with Gasteiger partial charge in [-0.05, 0) is 43.3 Å². The molecule has 0 fully saturated rings. The van der Waals surface area contributed by atoms with Crippen LogP contribution in [0.2, 0.25) is 0 Å². The number of benzene rings is 1. The molecule has 0 aliphatic heterocycles. The molecule has 0 saturated carbocycles. The fraction of sp³-hybridized carbons (Fsp3) is 0.267. The highest BCUT2D eigenvalue weighted by Crippen LogP contribution is 2.17. The number of aromatic nitrogens is 1. The lowest BCUT2D eigenvalue weighted by atomic mass is 10.2. The second kappa shape index (κ2) is 7.00. The highest BCUT2D eigenvalue weighted by atomic mass is 35.5. The fourth-order valence-corrected chi connectivity index (χ4v) is 1.71. The molecular weight excluding hydrogens is 258 g/mol. The highest BCUT2D eigenvalue weighted by molar-refractivity contribution is 5.85. The molecule has 0 bridgehead atoms. The summed E-state index contributed by atoms with van der Waals surface area (Å²) in [6, 6.07) is 12.3. The summed E-state index contributed by atoms with van der Waals surface area (Å²) in [5.41, 5.74) is 2.17. The summed E-state index contributed by atoms with van der Waals surface area (Å²) >= 11 is 0. The zero-order chi connectivity index (χ0) is 13.0. The van der Waals surface area contributed by atoms with Gasteiger partial charge in [0, 0.05) is 38.7 Å². The van der Waals surface area contributed by atoms with Crippen LogP contribution in [0.4, 0.5) is 11.4 Å². The lowest BCUT2D eigenvalue weighted by molar-refractivity contribution is 0.753. The Kier molecular flexibility index (Phi) is 5.64. The molecule has 102 valence electrons. The molecule has 2 rings (SSSR count). The van der Waals surface area contributed by atoms with Crippen LogP contribution >= 0.6 is 12.4 Å². The Labute approximate surface area is 120 Å². The molecule has 2 aromatic rings. The van der Waals surface area contributed by atoms with Crippen molar-refractivity contribution in [3.8, 4) is 0 Å². The van der Waals surface area contributed by atoms with Gasteiger partial charge in [-0.2, -0.15) is 0 Å². The van der Waals surface area contributed by atoms with Gasteiger partial charge in [0.2, 0.25) is 0 Å². The molecule has 0 amide bonds. The summed E-state index contributed by atoms with van der Waals surface area (Å²) in [7, 11) is 4.07. The van der Waals surface area contributed by atoms with Gasteiger partial charge in [-0.1, -0.05) is 0 Å². The normalized spacial score (nSPS) is 9.63. The third-order valence-corrected chi connectivity index (χ3v) is 2.86. The predicted octanol–water partition coefficient (Wildman–Crippen LogP) is 3.23. The van der Waals surface area contributed by atoms with Crippen molar-refractivity contribution in [1.82, 2.24) is 4.57 Å². The first kappa shape index (κ1) is 15.3. The maximum absolute atomic E-state index is 4.59. The van der Waals surface area contributed by atoms with E-state index >= 15 is 0 Å². The third-order valence-electron chi connectivity index (χ3n) is 2.86. The molecule has 0 aliphatic rings. The number of rotatable bonds is 3. The Morgan fingerprint density at radius 2 is 1.58 bits per heavy atom. The molecule has 3 nitrogen and oxygen atoms in total. The average molecular weight is 278 g/mol. The molecule has 0 unspecified atom stereocenters. The fourth-order valence-electron chi connectivity index (χ4n) is 1.71. The number of hydrogen-bond acceptors (Lipinski definition) is 2. The Balaban J connectivity index is 0.00000180. The molecule has 0 atom stereocenters. The summed E-state index contributed by atoms with van der Waals surface area (Å²) in [4.78, 5) is 6.66. The number of halogens is 1. The maximum atomic E-state index is 4.59. The number of pyridine rings is 1. The van der Waals surface area contributed by atoms with Gasteiger partial charge in [-0.15, -0.1) is 12.4 Å². The van der Waals surface area contributed by atoms with Crippen LogP contribution in [0, 0.1) is 0 Å². The van der Waals surface area contributed by atoms with Gasteiger partial charge in [0.1, 0.15) is 0 Å². The van der Waals surface area contributed by atoms with Gasteiger partial charge in [0.05, 0.1) is 11.0 Å². The van der Waals surface area contributed by atoms with Crippen LogP contribution in [0.15, 0.2) is 53.8 Å². The van der Waals surface area contributed by atoms with Crippen molar-refractivity contribution >= 4 is 23.8 Å². The SMILES string of the molecule is CCn1ccc(=Nc2ccc(N(C)C)cc2)cc1.Cl. The van der Waals surface area contributed by atoms with Gasteiger partial charge < -0.3 is 9.47 Å². The van der Waals surface area contributed by atoms with Crippen LogP contribution < -0.4 is 10.3 Å². The van der Waals surface area contributed by atoms with Crippen LogP contribution in [-0.2, 0) is 6.54 Å². The maximum Gasteiger partial charge on any atom is 0.0666 e. The van der Waals surface area contributed by atoms with E-state index in [1.54, 1.807) is 0 Å². The predicted molar refractivity (Wildman–Crippen MR) is 83.3 cm³/mol. The second-order valence-corrected chi connectivity index (χ2v) is 4.41. The highest BCUT2D eigenvalue weighted by Gasteiger charge is 1.94. The van der Waals surface area contributed by atoms with E-state index in [-0.39, 0.29) is 12.4 Å². The zero-order valence-corrected chi connectivity index (χ0v) is 12.4. The first-order chi connectivity index (χ1) is 8.69. The van der Waals surface area contributed by atoms with E-state index in [2.05, 4.69) is 33.5 Å². The molecule has 0 spiro atoms. The molecule has 1 heterocycles. The monoisotopic (exact) mass is 277 g/mol. The van der Waals surface area contributed by atoms with E-state index in [1.807, 2.05) is 50.8 Å². The molecule has 4 heteroatoms. The van der Waals surface area contributed by atoms with E-state index in [9.17, 15) is 0 Å². The third kappa shape index (κ3) is 4.14. The van der Waals surface area contributed by atoms with E-state index in [0.717, 1.165) is 17.6 Å². The van der Waals surface area contributed by atoms with Crippen molar-refractivity contribution < 1.29 is 0 Å². The molecule has 1 aromatic carbocycles. The summed E-state index contributed by atoms with van der Waals surface area (Å²) in [6.07, 6.45) is 4.10. The molecular formula is C15H20ClN3. The molecule has 0 N–H and O–H groups in total. The van der Waals surface area contributed by atoms with Crippen molar-refractivity contribution in [3.63, 3.8) is 0 Å². The van der Waals surface area contributed by atoms with Crippen LogP contribution in [-0.4, -0.2) is 18.7 Å². The van der Waals surface area contributed by atoms with Crippen molar-refractivity contribution in [2.75, 3.05) is 19.0 Å².